The molecule has 0 unspecified atom stereocenters. The maximum atomic E-state index is 12.4. The van der Waals surface area contributed by atoms with Crippen LogP contribution in [0.15, 0.2) is 4.79 Å². The topological polar surface area (TPSA) is 159 Å². The van der Waals surface area contributed by atoms with Crippen LogP contribution in [0.4, 0.5) is 5.95 Å². The first-order chi connectivity index (χ1) is 14.1. The Balaban J connectivity index is 2.08. The number of H-pyrrole nitrogens is 1. The van der Waals surface area contributed by atoms with Crippen LogP contribution in [-0.2, 0) is 9.84 Å². The van der Waals surface area contributed by atoms with Gasteiger partial charge in [-0.25, -0.2) is 4.98 Å². The first-order valence-electron chi connectivity index (χ1n) is 8.41. The van der Waals surface area contributed by atoms with E-state index in [2.05, 4.69) is 15.0 Å². The zero-order valence-corrected chi connectivity index (χ0v) is 17.7. The van der Waals surface area contributed by atoms with Gasteiger partial charge in [0.1, 0.15) is 28.2 Å². The summed E-state index contributed by atoms with van der Waals surface area (Å²) in [4.78, 5) is 23.1. The van der Waals surface area contributed by atoms with Crippen LogP contribution in [0.25, 0.3) is 22.6 Å². The third-order valence-electron chi connectivity index (χ3n) is 4.69. The normalized spacial score (nSPS) is 21.6. The molecule has 0 spiro atoms. The summed E-state index contributed by atoms with van der Waals surface area (Å²) >= 11 is 24.6. The highest BCUT2D eigenvalue weighted by Crippen LogP contribution is 2.50. The number of rotatable bonds is 3. The van der Waals surface area contributed by atoms with Crippen molar-refractivity contribution in [2.45, 2.75) is 24.9 Å². The van der Waals surface area contributed by atoms with E-state index in [1.54, 1.807) is 0 Å². The summed E-state index contributed by atoms with van der Waals surface area (Å²) in [6.45, 7) is -0.445. The fraction of sp³-hybridized carbons (Fsp3) is 0.312. The highest BCUT2D eigenvalue weighted by atomic mass is 35.5. The van der Waals surface area contributed by atoms with Gasteiger partial charge in [-0.2, -0.15) is 4.98 Å². The van der Waals surface area contributed by atoms with Gasteiger partial charge in [-0.1, -0.05) is 46.4 Å². The van der Waals surface area contributed by atoms with E-state index in [1.165, 1.54) is 4.57 Å². The summed E-state index contributed by atoms with van der Waals surface area (Å²) in [7, 11) is 0. The molecule has 10 nitrogen and oxygen atoms in total. The molecule has 1 aliphatic rings. The maximum absolute atomic E-state index is 12.4. The Morgan fingerprint density at radius 1 is 1.17 bits per heavy atom. The largest absolute Gasteiger partial charge is 0.394 e. The molecule has 0 aliphatic carbocycles. The van der Waals surface area contributed by atoms with Crippen LogP contribution in [-0.4, -0.2) is 48.5 Å². The van der Waals surface area contributed by atoms with Gasteiger partial charge >= 0.3 is 0 Å². The quantitative estimate of drug-likeness (QED) is 0.406. The molecule has 159 valence electrons. The summed E-state index contributed by atoms with van der Waals surface area (Å²) in [6.07, 6.45) is -2.80. The van der Waals surface area contributed by atoms with Crippen LogP contribution in [0.5, 0.6) is 5.75 Å². The van der Waals surface area contributed by atoms with Crippen molar-refractivity contribution in [3.8, 4) is 17.1 Å². The van der Waals surface area contributed by atoms with Crippen molar-refractivity contribution >= 4 is 63.5 Å². The van der Waals surface area contributed by atoms with Crippen LogP contribution in [0.2, 0.25) is 20.1 Å². The van der Waals surface area contributed by atoms with Gasteiger partial charge in [0.2, 0.25) is 11.7 Å². The van der Waals surface area contributed by atoms with Crippen molar-refractivity contribution in [3.05, 3.63) is 30.4 Å². The molecule has 1 aromatic carbocycles. The number of hydrogen-bond donors (Lipinski definition) is 4. The van der Waals surface area contributed by atoms with E-state index >= 15 is 0 Å². The minimum absolute atomic E-state index is 0.00705. The summed E-state index contributed by atoms with van der Waals surface area (Å²) in [5.74, 6) is -1.00. The summed E-state index contributed by atoms with van der Waals surface area (Å²) in [5, 5.41) is 30.4. The lowest BCUT2D eigenvalue weighted by molar-refractivity contribution is -0.0426. The van der Waals surface area contributed by atoms with Crippen LogP contribution >= 0.6 is 46.4 Å². The van der Waals surface area contributed by atoms with E-state index in [1.807, 2.05) is 0 Å². The molecule has 0 saturated carbocycles. The number of aromatic nitrogens is 4. The van der Waals surface area contributed by atoms with Gasteiger partial charge in [0.05, 0.1) is 28.3 Å². The Hall–Kier alpha value is -1.79. The lowest BCUT2D eigenvalue weighted by Gasteiger charge is -2.18. The fourth-order valence-electron chi connectivity index (χ4n) is 3.30. The van der Waals surface area contributed by atoms with Crippen molar-refractivity contribution in [2.24, 2.45) is 0 Å². The third kappa shape index (κ3) is 3.19. The standard InChI is InChI=1S/C16H12Cl4N5O5/c17-7-6(8(18)10(20)12(28)9(7)19)13-22-11-14(23-16(21)24-15(11)29)25(13)5-1-3(27)4(2-26)30-5/h3-5,26-27H,1-2H2,(H3,21,23,24,29)/t3-,4+,5+/m0/s1. The Morgan fingerprint density at radius 3 is 2.37 bits per heavy atom. The van der Waals surface area contributed by atoms with E-state index in [-0.39, 0.29) is 55.0 Å². The number of anilines is 1. The van der Waals surface area contributed by atoms with Crippen LogP contribution in [0.1, 0.15) is 12.6 Å². The third-order valence-corrected chi connectivity index (χ3v) is 6.36. The highest BCUT2D eigenvalue weighted by molar-refractivity contribution is 6.51. The highest BCUT2D eigenvalue weighted by Gasteiger charge is 2.38. The molecule has 4 rings (SSSR count). The van der Waals surface area contributed by atoms with Crippen LogP contribution in [0.3, 0.4) is 0 Å². The number of aromatic amines is 1. The van der Waals surface area contributed by atoms with Gasteiger partial charge in [0, 0.05) is 6.42 Å². The Bertz CT molecular complexity index is 1200. The molecule has 2 aromatic heterocycles. The first kappa shape index (κ1) is 21.4. The van der Waals surface area contributed by atoms with Gasteiger partial charge in [-0.05, 0) is 0 Å². The van der Waals surface area contributed by atoms with Crippen molar-refractivity contribution in [1.82, 2.24) is 19.5 Å². The number of fused-ring (bicyclic) bond motifs is 1. The van der Waals surface area contributed by atoms with Crippen molar-refractivity contribution in [2.75, 3.05) is 12.3 Å². The number of aliphatic hydroxyl groups excluding tert-OH is 2. The number of nitrogens with zero attached hydrogens (tertiary/aromatic N) is 3. The number of halogens is 4. The molecule has 1 radical (unpaired) electrons. The number of nitrogens with two attached hydrogens (primary N) is 1. The zero-order chi connectivity index (χ0) is 21.9. The number of nitrogen functional groups attached to an aromatic ring is 1. The molecule has 1 fully saturated rings. The van der Waals surface area contributed by atoms with Gasteiger partial charge in [0.15, 0.2) is 11.2 Å². The lowest BCUT2D eigenvalue weighted by Crippen LogP contribution is -2.24. The zero-order valence-electron chi connectivity index (χ0n) is 14.7. The molecule has 1 saturated heterocycles. The van der Waals surface area contributed by atoms with Crippen LogP contribution in [0, 0.1) is 0 Å². The van der Waals surface area contributed by atoms with E-state index in [0.717, 1.165) is 0 Å². The molecule has 0 amide bonds. The average Bonchev–Trinajstić information content (AvgIpc) is 3.25. The van der Waals surface area contributed by atoms with Crippen molar-refractivity contribution in [1.29, 1.82) is 0 Å². The SMILES string of the molecule is Nc1nc2c(nc(-c3c(Cl)c(Cl)c([O])c(Cl)c3Cl)n2[C@H]2C[C@H](O)[C@@H](CO)O2)c(=O)[nH]1. The van der Waals surface area contributed by atoms with E-state index in [9.17, 15) is 20.1 Å². The average molecular weight is 496 g/mol. The molecule has 30 heavy (non-hydrogen) atoms. The Morgan fingerprint density at radius 2 is 1.80 bits per heavy atom. The maximum Gasteiger partial charge on any atom is 0.280 e. The van der Waals surface area contributed by atoms with E-state index in [0.29, 0.717) is 0 Å². The Kier molecular flexibility index (Phi) is 5.52. The van der Waals surface area contributed by atoms with E-state index in [4.69, 9.17) is 56.9 Å². The van der Waals surface area contributed by atoms with E-state index < -0.39 is 36.4 Å². The molecule has 1 aliphatic heterocycles. The smallest absolute Gasteiger partial charge is 0.280 e. The number of ether oxygens (including phenoxy) is 1. The second kappa shape index (κ2) is 7.72. The van der Waals surface area contributed by atoms with Gasteiger partial charge in [-0.15, -0.1) is 0 Å². The monoisotopic (exact) mass is 494 g/mol. The molecule has 3 atom stereocenters. The predicted molar refractivity (Wildman–Crippen MR) is 110 cm³/mol. The number of hydrogen-bond acceptors (Lipinski definition) is 7. The number of aliphatic hydroxyl groups is 2. The Labute approximate surface area is 187 Å². The molecule has 5 N–H and O–H groups in total. The van der Waals surface area contributed by atoms with Gasteiger partial charge in [0.25, 0.3) is 5.56 Å². The number of imidazole rings is 1. The van der Waals surface area contributed by atoms with Crippen molar-refractivity contribution in [3.63, 3.8) is 0 Å². The molecule has 3 aromatic rings. The predicted octanol–water partition coefficient (Wildman–Crippen LogP) is 2.77. The summed E-state index contributed by atoms with van der Waals surface area (Å²) < 4.78 is 7.03. The molecule has 0 bridgehead atoms. The number of nitrogens with one attached hydrogen (secondary N) is 1. The molecular weight excluding hydrogens is 484 g/mol. The lowest BCUT2D eigenvalue weighted by atomic mass is 10.1. The minimum atomic E-state index is -1.01. The summed E-state index contributed by atoms with van der Waals surface area (Å²) in [6, 6.07) is 0. The summed E-state index contributed by atoms with van der Waals surface area (Å²) in [5.41, 5.74) is 4.87. The van der Waals surface area contributed by atoms with Crippen LogP contribution < -0.4 is 11.3 Å². The first-order valence-corrected chi connectivity index (χ1v) is 9.92. The van der Waals surface area contributed by atoms with Gasteiger partial charge in [-0.3, -0.25) is 19.5 Å². The fourth-order valence-corrected chi connectivity index (χ4v) is 4.30. The van der Waals surface area contributed by atoms with Crippen molar-refractivity contribution < 1.29 is 20.1 Å². The second-order valence-corrected chi connectivity index (χ2v) is 8.02. The molecule has 3 heterocycles. The minimum Gasteiger partial charge on any atom is -0.394 e. The van der Waals surface area contributed by atoms with Gasteiger partial charge < -0.3 is 20.7 Å². The molecular formula is C16H12Cl4N5O5. The molecule has 14 heteroatoms. The second-order valence-electron chi connectivity index (χ2n) is 6.50. The number of benzene rings is 1.